The Hall–Kier alpha value is -2.06. The van der Waals surface area contributed by atoms with Crippen LogP contribution in [0.3, 0.4) is 0 Å². The molecule has 0 radical (unpaired) electrons. The lowest BCUT2D eigenvalue weighted by Gasteiger charge is -2.27. The molecule has 27 heavy (non-hydrogen) atoms. The van der Waals surface area contributed by atoms with Gasteiger partial charge in [-0.05, 0) is 37.8 Å². The summed E-state index contributed by atoms with van der Waals surface area (Å²) in [5.41, 5.74) is 1.96. The van der Waals surface area contributed by atoms with Crippen LogP contribution in [-0.2, 0) is 4.79 Å². The number of hydrogen-bond acceptors (Lipinski definition) is 6. The number of aryl methyl sites for hydroxylation is 1. The minimum absolute atomic E-state index is 0.164. The molecule has 0 aliphatic carbocycles. The summed E-state index contributed by atoms with van der Waals surface area (Å²) in [6, 6.07) is 0.469. The molecule has 0 unspecified atom stereocenters. The summed E-state index contributed by atoms with van der Waals surface area (Å²) in [5.74, 6) is 2.53. The van der Waals surface area contributed by atoms with Crippen LogP contribution in [0, 0.1) is 12.8 Å². The van der Waals surface area contributed by atoms with E-state index in [0.29, 0.717) is 12.0 Å². The number of aromatic nitrogens is 3. The second kappa shape index (κ2) is 6.83. The van der Waals surface area contributed by atoms with Gasteiger partial charge in [-0.15, -0.1) is 11.8 Å². The highest BCUT2D eigenvalue weighted by molar-refractivity contribution is 8.04. The van der Waals surface area contributed by atoms with Crippen LogP contribution in [0.1, 0.15) is 18.4 Å². The monoisotopic (exact) mass is 384 g/mol. The van der Waals surface area contributed by atoms with Gasteiger partial charge in [0.15, 0.2) is 0 Å². The van der Waals surface area contributed by atoms with E-state index in [-0.39, 0.29) is 5.91 Å². The van der Waals surface area contributed by atoms with Crippen molar-refractivity contribution in [2.45, 2.75) is 25.8 Å². The largest absolute Gasteiger partial charge is 0.346 e. The number of fused-ring (bicyclic) bond motifs is 2. The summed E-state index contributed by atoms with van der Waals surface area (Å²) >= 11 is 1.66. The van der Waals surface area contributed by atoms with E-state index >= 15 is 0 Å². The summed E-state index contributed by atoms with van der Waals surface area (Å²) in [4.78, 5) is 30.1. The van der Waals surface area contributed by atoms with E-state index in [4.69, 9.17) is 0 Å². The van der Waals surface area contributed by atoms with Gasteiger partial charge in [0.2, 0.25) is 0 Å². The maximum atomic E-state index is 13.1. The number of hydrogen-bond donors (Lipinski definition) is 2. The van der Waals surface area contributed by atoms with Gasteiger partial charge in [-0.2, -0.15) is 0 Å². The quantitative estimate of drug-likeness (QED) is 0.823. The molecule has 1 amide bonds. The lowest BCUT2D eigenvalue weighted by molar-refractivity contribution is -0.125. The van der Waals surface area contributed by atoms with Crippen molar-refractivity contribution >= 4 is 34.5 Å². The number of aromatic amines is 1. The number of nitrogens with one attached hydrogen (secondary N) is 2. The van der Waals surface area contributed by atoms with Gasteiger partial charge in [0.1, 0.15) is 17.8 Å². The Bertz CT molecular complexity index is 895. The molecule has 2 fully saturated rings. The van der Waals surface area contributed by atoms with E-state index < -0.39 is 0 Å². The number of amides is 1. The summed E-state index contributed by atoms with van der Waals surface area (Å²) in [6.45, 7) is 5.68. The minimum atomic E-state index is 0.164. The van der Waals surface area contributed by atoms with Gasteiger partial charge in [0, 0.05) is 43.8 Å². The minimum Gasteiger partial charge on any atom is -0.346 e. The van der Waals surface area contributed by atoms with Crippen LogP contribution >= 0.6 is 11.8 Å². The first kappa shape index (κ1) is 17.1. The third-order valence-electron chi connectivity index (χ3n) is 5.88. The molecule has 7 nitrogen and oxygen atoms in total. The lowest BCUT2D eigenvalue weighted by atomic mass is 9.94. The standard InChI is InChI=1S/C19H24N6OS/c1-12-7-21-17-16(12)18(23-11-22-17)24-5-6-27-15(10-24)19(26)25-8-13-3-2-4-20-14(13)9-25/h7,10-11,13-14,20H,2-6,8-9H2,1H3,(H,21,22,23)/t13-,14+/m0/s1. The molecule has 0 aromatic carbocycles. The zero-order valence-electron chi connectivity index (χ0n) is 15.4. The Morgan fingerprint density at radius 1 is 1.33 bits per heavy atom. The average molecular weight is 385 g/mol. The van der Waals surface area contributed by atoms with E-state index in [1.54, 1.807) is 18.1 Å². The molecular formula is C19H24N6OS. The number of thioether (sulfide) groups is 1. The molecule has 8 heteroatoms. The van der Waals surface area contributed by atoms with E-state index in [1.165, 1.54) is 12.8 Å². The number of likely N-dealkylation sites (tertiary alicyclic amines) is 1. The second-order valence-electron chi connectivity index (χ2n) is 7.60. The van der Waals surface area contributed by atoms with Crippen molar-refractivity contribution < 1.29 is 4.79 Å². The van der Waals surface area contributed by atoms with E-state index in [9.17, 15) is 4.79 Å². The van der Waals surface area contributed by atoms with Crippen molar-refractivity contribution in [2.24, 2.45) is 5.92 Å². The van der Waals surface area contributed by atoms with E-state index in [2.05, 4.69) is 32.1 Å². The molecule has 2 aromatic rings. The first-order valence-electron chi connectivity index (χ1n) is 9.63. The topological polar surface area (TPSA) is 77.2 Å². The Balaban J connectivity index is 1.41. The number of carbonyl (C=O) groups is 1. The van der Waals surface area contributed by atoms with Crippen molar-refractivity contribution in [3.05, 3.63) is 29.2 Å². The Morgan fingerprint density at radius 3 is 3.15 bits per heavy atom. The third-order valence-corrected chi connectivity index (χ3v) is 6.86. The summed E-state index contributed by atoms with van der Waals surface area (Å²) in [7, 11) is 0. The third kappa shape index (κ3) is 3.00. The maximum absolute atomic E-state index is 13.1. The Labute approximate surface area is 162 Å². The van der Waals surface area contributed by atoms with Gasteiger partial charge < -0.3 is 20.1 Å². The van der Waals surface area contributed by atoms with Crippen molar-refractivity contribution in [3.8, 4) is 0 Å². The normalized spacial score (nSPS) is 25.6. The predicted molar refractivity (Wildman–Crippen MR) is 108 cm³/mol. The fourth-order valence-corrected chi connectivity index (χ4v) is 5.43. The number of nitrogens with zero attached hydrogens (tertiary/aromatic N) is 4. The first-order chi connectivity index (χ1) is 13.2. The highest BCUT2D eigenvalue weighted by atomic mass is 32.2. The van der Waals surface area contributed by atoms with Crippen LogP contribution in [0.15, 0.2) is 23.6 Å². The van der Waals surface area contributed by atoms with Crippen molar-refractivity contribution in [3.63, 3.8) is 0 Å². The predicted octanol–water partition coefficient (Wildman–Crippen LogP) is 1.87. The highest BCUT2D eigenvalue weighted by Gasteiger charge is 2.37. The molecule has 0 bridgehead atoms. The molecule has 2 N–H and O–H groups in total. The lowest BCUT2D eigenvalue weighted by Crippen LogP contribution is -2.41. The molecule has 142 valence electrons. The zero-order valence-corrected chi connectivity index (χ0v) is 16.3. The van der Waals surface area contributed by atoms with Gasteiger partial charge in [0.05, 0.1) is 10.3 Å². The maximum Gasteiger partial charge on any atom is 0.261 e. The fraction of sp³-hybridized carbons (Fsp3) is 0.526. The van der Waals surface area contributed by atoms with Crippen LogP contribution in [-0.4, -0.2) is 63.7 Å². The SMILES string of the molecule is Cc1c[nH]c2ncnc(N3C=C(C(=O)N4C[C@@H]5CCCN[C@@H]5C4)SCC3)c12. The molecule has 2 atom stereocenters. The molecule has 0 saturated carbocycles. The number of rotatable bonds is 2. The molecule has 2 saturated heterocycles. The number of carbonyl (C=O) groups excluding carboxylic acids is 1. The molecule has 5 rings (SSSR count). The van der Waals surface area contributed by atoms with Crippen molar-refractivity contribution in [1.29, 1.82) is 0 Å². The summed E-state index contributed by atoms with van der Waals surface area (Å²) in [6.07, 6.45) is 7.97. The van der Waals surface area contributed by atoms with Crippen molar-refractivity contribution in [2.75, 3.05) is 36.8 Å². The number of anilines is 1. The molecular weight excluding hydrogens is 360 g/mol. The summed E-state index contributed by atoms with van der Waals surface area (Å²) in [5, 5.41) is 4.61. The highest BCUT2D eigenvalue weighted by Crippen LogP contribution is 2.33. The van der Waals surface area contributed by atoms with Crippen LogP contribution < -0.4 is 10.2 Å². The Morgan fingerprint density at radius 2 is 2.26 bits per heavy atom. The number of H-pyrrole nitrogens is 1. The average Bonchev–Trinajstić information content (AvgIpc) is 3.31. The smallest absolute Gasteiger partial charge is 0.261 e. The molecule has 5 heterocycles. The van der Waals surface area contributed by atoms with Crippen LogP contribution in [0.5, 0.6) is 0 Å². The molecule has 3 aliphatic heterocycles. The van der Waals surface area contributed by atoms with Gasteiger partial charge >= 0.3 is 0 Å². The van der Waals surface area contributed by atoms with Crippen molar-refractivity contribution in [1.82, 2.24) is 25.2 Å². The van der Waals surface area contributed by atoms with Gasteiger partial charge in [-0.3, -0.25) is 4.79 Å². The first-order valence-corrected chi connectivity index (χ1v) is 10.6. The summed E-state index contributed by atoms with van der Waals surface area (Å²) < 4.78 is 0. The van der Waals surface area contributed by atoms with Crippen LogP contribution in [0.4, 0.5) is 5.82 Å². The molecule has 3 aliphatic rings. The van der Waals surface area contributed by atoms with Gasteiger partial charge in [0.25, 0.3) is 5.91 Å². The zero-order chi connectivity index (χ0) is 18.4. The van der Waals surface area contributed by atoms with Crippen LogP contribution in [0.2, 0.25) is 0 Å². The van der Waals surface area contributed by atoms with Gasteiger partial charge in [-0.25, -0.2) is 9.97 Å². The number of piperidine rings is 1. The molecule has 2 aromatic heterocycles. The second-order valence-corrected chi connectivity index (χ2v) is 8.74. The van der Waals surface area contributed by atoms with Crippen LogP contribution in [0.25, 0.3) is 11.0 Å². The molecule has 0 spiro atoms. The van der Waals surface area contributed by atoms with E-state index in [1.807, 2.05) is 17.3 Å². The van der Waals surface area contributed by atoms with E-state index in [0.717, 1.165) is 59.3 Å². The fourth-order valence-electron chi connectivity index (χ4n) is 4.47. The Kier molecular flexibility index (Phi) is 4.32. The van der Waals surface area contributed by atoms with Gasteiger partial charge in [-0.1, -0.05) is 0 Å².